The third-order valence-electron chi connectivity index (χ3n) is 5.85. The highest BCUT2D eigenvalue weighted by molar-refractivity contribution is 6.30. The number of halogens is 7. The number of carbonyl (C=O) groups is 1. The van der Waals surface area contributed by atoms with Gasteiger partial charge in [-0.05, 0) is 48.0 Å². The third kappa shape index (κ3) is 6.97. The van der Waals surface area contributed by atoms with Gasteiger partial charge in [-0.25, -0.2) is 24.4 Å². The summed E-state index contributed by atoms with van der Waals surface area (Å²) in [5, 5.41) is 8.40. The fourth-order valence-corrected chi connectivity index (χ4v) is 3.98. The van der Waals surface area contributed by atoms with E-state index in [1.165, 1.54) is 18.6 Å². The van der Waals surface area contributed by atoms with E-state index in [1.54, 1.807) is 30.3 Å². The minimum Gasteiger partial charge on any atom is -0.424 e. The molecule has 0 saturated carbocycles. The zero-order valence-electron chi connectivity index (χ0n) is 21.8. The Balaban J connectivity index is 1.27. The van der Waals surface area contributed by atoms with E-state index in [2.05, 4.69) is 30.7 Å². The van der Waals surface area contributed by atoms with Gasteiger partial charge in [-0.1, -0.05) is 23.7 Å². The van der Waals surface area contributed by atoms with Gasteiger partial charge in [0.25, 0.3) is 0 Å². The van der Waals surface area contributed by atoms with Gasteiger partial charge in [0.1, 0.15) is 11.6 Å². The first-order chi connectivity index (χ1) is 20.8. The predicted molar refractivity (Wildman–Crippen MR) is 147 cm³/mol. The van der Waals surface area contributed by atoms with Crippen molar-refractivity contribution in [3.05, 3.63) is 95.7 Å². The van der Waals surface area contributed by atoms with Gasteiger partial charge >= 0.3 is 24.4 Å². The smallest absolute Gasteiger partial charge is 0.424 e. The monoisotopic (exact) mass is 634 g/mol. The summed E-state index contributed by atoms with van der Waals surface area (Å²) in [5.74, 6) is 0.674. The molecule has 4 N–H and O–H groups in total. The molecule has 0 unspecified atom stereocenters. The number of hydrogen-bond acceptors (Lipinski definition) is 7. The van der Waals surface area contributed by atoms with E-state index in [0.29, 0.717) is 45.0 Å². The third-order valence-corrected chi connectivity index (χ3v) is 6.05. The molecule has 0 aliphatic carbocycles. The van der Waals surface area contributed by atoms with E-state index in [-0.39, 0.29) is 17.4 Å². The van der Waals surface area contributed by atoms with E-state index in [4.69, 9.17) is 22.1 Å². The number of urea groups is 1. The van der Waals surface area contributed by atoms with Crippen molar-refractivity contribution in [2.45, 2.75) is 12.4 Å². The number of pyridine rings is 1. The summed E-state index contributed by atoms with van der Waals surface area (Å²) < 4.78 is 85.2. The Hall–Kier alpha value is -5.38. The van der Waals surface area contributed by atoms with Crippen LogP contribution in [0.25, 0.3) is 16.8 Å². The Bertz CT molecular complexity index is 1810. The lowest BCUT2D eigenvalue weighted by atomic mass is 10.1. The lowest BCUT2D eigenvalue weighted by molar-refractivity contribution is -0.141. The minimum atomic E-state index is -4.83. The number of amides is 2. The average molecular weight is 635 g/mol. The fourth-order valence-electron chi connectivity index (χ4n) is 3.82. The second-order valence-corrected chi connectivity index (χ2v) is 9.36. The molecular formula is C27H17ClF6N8O2. The maximum absolute atomic E-state index is 13.3. The minimum absolute atomic E-state index is 0.0704. The number of rotatable bonds is 6. The summed E-state index contributed by atoms with van der Waals surface area (Å²) in [6, 6.07) is 10.1. The van der Waals surface area contributed by atoms with Crippen molar-refractivity contribution < 1.29 is 35.9 Å². The summed E-state index contributed by atoms with van der Waals surface area (Å²) in [4.78, 5) is 24.6. The van der Waals surface area contributed by atoms with Crippen molar-refractivity contribution in [1.82, 2.24) is 24.7 Å². The summed E-state index contributed by atoms with van der Waals surface area (Å²) in [6.07, 6.45) is -4.98. The van der Waals surface area contributed by atoms with Crippen LogP contribution in [0.15, 0.2) is 79.4 Å². The first kappa shape index (κ1) is 30.1. The zero-order chi connectivity index (χ0) is 31.6. The SMILES string of the molecule is Nc1ncc(Cl)cc1-c1ccc(Oc2ncc(NC(=O)Nc3ccc(C(F)(F)F)cc3-n3ccc(C(F)(F)F)n3)cn2)cc1. The molecule has 3 heterocycles. The molecule has 5 aromatic rings. The number of alkyl halides is 6. The summed E-state index contributed by atoms with van der Waals surface area (Å²) in [6.45, 7) is 0. The molecule has 17 heteroatoms. The highest BCUT2D eigenvalue weighted by atomic mass is 35.5. The number of ether oxygens (including phenoxy) is 1. The second-order valence-electron chi connectivity index (χ2n) is 8.92. The molecule has 10 nitrogen and oxygen atoms in total. The average Bonchev–Trinajstić information content (AvgIpc) is 3.47. The molecule has 5 rings (SSSR count). The molecule has 3 aromatic heterocycles. The largest absolute Gasteiger partial charge is 0.435 e. The van der Waals surface area contributed by atoms with Gasteiger partial charge in [0.15, 0.2) is 5.69 Å². The molecule has 0 radical (unpaired) electrons. The molecule has 0 aliphatic rings. The number of hydrogen-bond donors (Lipinski definition) is 3. The molecule has 0 bridgehead atoms. The number of carbonyl (C=O) groups excluding carboxylic acids is 1. The molecule has 226 valence electrons. The van der Waals surface area contributed by atoms with Gasteiger partial charge in [-0.2, -0.15) is 31.4 Å². The van der Waals surface area contributed by atoms with Crippen molar-refractivity contribution >= 4 is 34.8 Å². The van der Waals surface area contributed by atoms with Gasteiger partial charge in [0.2, 0.25) is 0 Å². The lowest BCUT2D eigenvalue weighted by Gasteiger charge is -2.15. The van der Waals surface area contributed by atoms with Crippen LogP contribution in [-0.4, -0.2) is 30.8 Å². The van der Waals surface area contributed by atoms with Crippen LogP contribution in [0.2, 0.25) is 5.02 Å². The maximum atomic E-state index is 13.3. The molecule has 0 atom stereocenters. The van der Waals surface area contributed by atoms with Crippen molar-refractivity contribution in [3.63, 3.8) is 0 Å². The van der Waals surface area contributed by atoms with Crippen molar-refractivity contribution in [2.24, 2.45) is 0 Å². The Labute approximate surface area is 248 Å². The van der Waals surface area contributed by atoms with Crippen molar-refractivity contribution in [1.29, 1.82) is 0 Å². The van der Waals surface area contributed by atoms with Crippen LogP contribution in [-0.2, 0) is 12.4 Å². The number of benzene rings is 2. The number of nitrogens with zero attached hydrogens (tertiary/aromatic N) is 5. The molecule has 0 fully saturated rings. The molecule has 2 aromatic carbocycles. The fraction of sp³-hybridized carbons (Fsp3) is 0.0741. The van der Waals surface area contributed by atoms with E-state index in [0.717, 1.165) is 17.8 Å². The van der Waals surface area contributed by atoms with E-state index >= 15 is 0 Å². The Morgan fingerprint density at radius 2 is 1.57 bits per heavy atom. The first-order valence-electron chi connectivity index (χ1n) is 12.2. The predicted octanol–water partition coefficient (Wildman–Crippen LogP) is 7.43. The lowest BCUT2D eigenvalue weighted by Crippen LogP contribution is -2.21. The van der Waals surface area contributed by atoms with Crippen LogP contribution in [0.4, 0.5) is 48.3 Å². The summed E-state index contributed by atoms with van der Waals surface area (Å²) >= 11 is 5.99. The molecule has 0 saturated heterocycles. The second kappa shape index (κ2) is 11.7. The molecular weight excluding hydrogens is 618 g/mol. The van der Waals surface area contributed by atoms with E-state index in [1.807, 2.05) is 0 Å². The molecule has 2 amide bonds. The molecule has 0 spiro atoms. The Morgan fingerprint density at radius 3 is 2.20 bits per heavy atom. The Kier molecular flexibility index (Phi) is 8.01. The van der Waals surface area contributed by atoms with Gasteiger partial charge in [-0.3, -0.25) is 0 Å². The first-order valence-corrected chi connectivity index (χ1v) is 12.6. The highest BCUT2D eigenvalue weighted by Gasteiger charge is 2.35. The number of aromatic nitrogens is 5. The topological polar surface area (TPSA) is 133 Å². The number of nitrogen functional groups attached to an aromatic ring is 1. The van der Waals surface area contributed by atoms with E-state index < -0.39 is 35.3 Å². The summed E-state index contributed by atoms with van der Waals surface area (Å²) in [7, 11) is 0. The van der Waals surface area contributed by atoms with Crippen LogP contribution in [0.3, 0.4) is 0 Å². The van der Waals surface area contributed by atoms with Gasteiger partial charge in [-0.15, -0.1) is 0 Å². The van der Waals surface area contributed by atoms with Crippen LogP contribution in [0.1, 0.15) is 11.3 Å². The van der Waals surface area contributed by atoms with Gasteiger partial charge in [0, 0.05) is 18.0 Å². The normalized spacial score (nSPS) is 11.7. The van der Waals surface area contributed by atoms with E-state index in [9.17, 15) is 31.1 Å². The van der Waals surface area contributed by atoms with Gasteiger partial charge in [0.05, 0.1) is 40.0 Å². The maximum Gasteiger partial charge on any atom is 0.435 e. The quantitative estimate of drug-likeness (QED) is 0.165. The highest BCUT2D eigenvalue weighted by Crippen LogP contribution is 2.35. The molecule has 44 heavy (non-hydrogen) atoms. The standard InChI is InChI=1S/C27H17ClF6N8O2/c28-16-10-19(23(35)36-11-16)14-1-4-18(5-2-14)44-25-37-12-17(13-38-25)39-24(43)40-20-6-3-15(26(29,30)31)9-21(20)42-8-7-22(41-42)27(32,33)34/h1-13H,(H2,35,36)(H2,39,40,43). The number of nitrogens with two attached hydrogens (primary N) is 1. The van der Waals surface area contributed by atoms with Crippen molar-refractivity contribution in [2.75, 3.05) is 16.4 Å². The van der Waals surface area contributed by atoms with Crippen LogP contribution in [0.5, 0.6) is 11.8 Å². The van der Waals surface area contributed by atoms with Crippen LogP contribution >= 0.6 is 11.6 Å². The van der Waals surface area contributed by atoms with Crippen LogP contribution < -0.4 is 21.1 Å². The van der Waals surface area contributed by atoms with Crippen molar-refractivity contribution in [3.8, 4) is 28.6 Å². The Morgan fingerprint density at radius 1 is 0.864 bits per heavy atom. The molecule has 0 aliphatic heterocycles. The summed E-state index contributed by atoms with van der Waals surface area (Å²) in [5.41, 5.74) is 4.15. The van der Waals surface area contributed by atoms with Gasteiger partial charge < -0.3 is 21.1 Å². The number of nitrogens with one attached hydrogen (secondary N) is 2. The van der Waals surface area contributed by atoms with Crippen LogP contribution in [0, 0.1) is 0 Å². The zero-order valence-corrected chi connectivity index (χ0v) is 22.5. The number of anilines is 3.